The molecule has 0 aromatic heterocycles. The van der Waals surface area contributed by atoms with Crippen molar-refractivity contribution in [3.8, 4) is 0 Å². The molecule has 4 rings (SSSR count). The number of benzene rings is 1. The highest BCUT2D eigenvalue weighted by Gasteiger charge is 2.39. The van der Waals surface area contributed by atoms with Crippen LogP contribution in [-0.4, -0.2) is 31.9 Å². The minimum Gasteiger partial charge on any atom is -0.352 e. The van der Waals surface area contributed by atoms with E-state index in [1.807, 2.05) is 0 Å². The number of ether oxygens (including phenoxy) is 2. The van der Waals surface area contributed by atoms with E-state index >= 15 is 0 Å². The topological polar surface area (TPSA) is 18.5 Å². The third-order valence-corrected chi connectivity index (χ3v) is 6.84. The van der Waals surface area contributed by atoms with Crippen molar-refractivity contribution in [2.75, 3.05) is 13.2 Å². The van der Waals surface area contributed by atoms with Crippen LogP contribution < -0.4 is 0 Å². The largest absolute Gasteiger partial charge is 0.389 e. The highest BCUT2D eigenvalue weighted by Crippen LogP contribution is 2.41. The second-order valence-electron chi connectivity index (χ2n) is 9.51. The van der Waals surface area contributed by atoms with Gasteiger partial charge in [0.05, 0.1) is 25.6 Å². The van der Waals surface area contributed by atoms with Crippen LogP contribution in [0.3, 0.4) is 0 Å². The summed E-state index contributed by atoms with van der Waals surface area (Å²) in [5.41, 5.74) is 0.710. The van der Waals surface area contributed by atoms with Gasteiger partial charge in [0.1, 0.15) is 17.8 Å². The first kappa shape index (κ1) is 24.3. The lowest BCUT2D eigenvalue weighted by atomic mass is 9.78. The monoisotopic (exact) mass is 474 g/mol. The molecule has 2 aliphatic carbocycles. The van der Waals surface area contributed by atoms with Crippen molar-refractivity contribution in [3.63, 3.8) is 0 Å². The van der Waals surface area contributed by atoms with Crippen LogP contribution in [-0.2, 0) is 9.47 Å². The molecule has 1 saturated carbocycles. The fourth-order valence-electron chi connectivity index (χ4n) is 5.00. The van der Waals surface area contributed by atoms with Gasteiger partial charge in [-0.15, -0.1) is 0 Å². The Bertz CT molecular complexity index is 893. The molecule has 0 radical (unpaired) electrons. The molecule has 2 unspecified atom stereocenters. The molecule has 2 nitrogen and oxygen atoms in total. The zero-order valence-corrected chi connectivity index (χ0v) is 18.4. The molecule has 0 amide bonds. The van der Waals surface area contributed by atoms with E-state index in [0.29, 0.717) is 25.0 Å². The summed E-state index contributed by atoms with van der Waals surface area (Å²) >= 11 is 0. The molecule has 2 atom stereocenters. The van der Waals surface area contributed by atoms with Crippen LogP contribution in [0.15, 0.2) is 36.2 Å². The Kier molecular flexibility index (Phi) is 7.24. The molecule has 0 N–H and O–H groups in total. The Morgan fingerprint density at radius 3 is 2.24 bits per heavy atom. The van der Waals surface area contributed by atoms with Gasteiger partial charge in [-0.25, -0.2) is 13.2 Å². The lowest BCUT2D eigenvalue weighted by molar-refractivity contribution is -0.226. The molecule has 2 fully saturated rings. The van der Waals surface area contributed by atoms with Crippen LogP contribution in [0.25, 0.3) is 5.57 Å². The van der Waals surface area contributed by atoms with Crippen molar-refractivity contribution < 1.29 is 35.8 Å². The van der Waals surface area contributed by atoms with E-state index < -0.39 is 36.3 Å². The predicted octanol–water partition coefficient (Wildman–Crippen LogP) is 7.27. The zero-order valence-electron chi connectivity index (χ0n) is 18.4. The zero-order chi connectivity index (χ0) is 23.8. The van der Waals surface area contributed by atoms with Crippen molar-refractivity contribution in [3.05, 3.63) is 53.1 Å². The summed E-state index contributed by atoms with van der Waals surface area (Å²) < 4.78 is 92.7. The first-order valence-electron chi connectivity index (χ1n) is 11.4. The van der Waals surface area contributed by atoms with Gasteiger partial charge in [-0.3, -0.25) is 0 Å². The average Bonchev–Trinajstić information content (AvgIpc) is 2.76. The van der Waals surface area contributed by atoms with Gasteiger partial charge >= 0.3 is 6.18 Å². The van der Waals surface area contributed by atoms with Crippen LogP contribution in [0.5, 0.6) is 0 Å². The molecule has 1 saturated heterocycles. The van der Waals surface area contributed by atoms with E-state index in [1.165, 1.54) is 12.1 Å². The number of halogens is 6. The molecule has 1 aromatic carbocycles. The molecule has 182 valence electrons. The van der Waals surface area contributed by atoms with Crippen LogP contribution in [0.4, 0.5) is 26.3 Å². The molecule has 3 aliphatic rings. The second kappa shape index (κ2) is 9.82. The summed E-state index contributed by atoms with van der Waals surface area (Å²) in [6.45, 7) is 3.46. The molecule has 1 aromatic rings. The van der Waals surface area contributed by atoms with Gasteiger partial charge in [-0.2, -0.15) is 13.2 Å². The number of alkyl halides is 4. The summed E-state index contributed by atoms with van der Waals surface area (Å²) in [4.78, 5) is 0. The number of hydrogen-bond donors (Lipinski definition) is 0. The molecule has 33 heavy (non-hydrogen) atoms. The van der Waals surface area contributed by atoms with Crippen LogP contribution in [0, 0.1) is 23.6 Å². The smallest absolute Gasteiger partial charge is 0.352 e. The van der Waals surface area contributed by atoms with E-state index in [2.05, 4.69) is 6.92 Å². The highest BCUT2D eigenvalue weighted by molar-refractivity contribution is 5.76. The summed E-state index contributed by atoms with van der Waals surface area (Å²) in [6.07, 6.45) is -3.47. The average molecular weight is 474 g/mol. The van der Waals surface area contributed by atoms with Crippen LogP contribution in [0.2, 0.25) is 0 Å². The van der Waals surface area contributed by atoms with E-state index in [0.717, 1.165) is 43.4 Å². The Labute approximate surface area is 189 Å². The maximum absolute atomic E-state index is 14.9. The van der Waals surface area contributed by atoms with Crippen molar-refractivity contribution in [1.82, 2.24) is 0 Å². The number of hydrogen-bond acceptors (Lipinski definition) is 2. The number of rotatable bonds is 4. The summed E-state index contributed by atoms with van der Waals surface area (Å²) in [5, 5.41) is 0. The van der Waals surface area contributed by atoms with Gasteiger partial charge < -0.3 is 9.47 Å². The van der Waals surface area contributed by atoms with E-state index in [1.54, 1.807) is 6.07 Å². The van der Waals surface area contributed by atoms with Gasteiger partial charge in [0, 0.05) is 17.4 Å². The predicted molar refractivity (Wildman–Crippen MR) is 112 cm³/mol. The Hall–Kier alpha value is -1.80. The minimum atomic E-state index is -4.69. The van der Waals surface area contributed by atoms with Gasteiger partial charge in [-0.1, -0.05) is 19.1 Å². The normalized spacial score (nSPS) is 33.4. The number of allylic oxidation sites excluding steroid dienone is 4. The molecule has 8 heteroatoms. The summed E-state index contributed by atoms with van der Waals surface area (Å²) in [5.74, 6) is -2.92. The van der Waals surface area contributed by atoms with Gasteiger partial charge in [0.2, 0.25) is 0 Å². The maximum Gasteiger partial charge on any atom is 0.389 e. The lowest BCUT2D eigenvalue weighted by Gasteiger charge is -2.37. The Balaban J connectivity index is 1.40. The van der Waals surface area contributed by atoms with Gasteiger partial charge in [0.25, 0.3) is 0 Å². The summed E-state index contributed by atoms with van der Waals surface area (Å²) in [7, 11) is 0. The van der Waals surface area contributed by atoms with Crippen molar-refractivity contribution >= 4 is 5.57 Å². The standard InChI is InChI=1S/C25H28F6O2/c1-14-12-32-24(33-13-14)16-4-2-15(3-5-16)17-6-7-19(21(26)8-17)18-9-22(27)20(23(28)10-18)11-25(29,30)31/h6-10,14-16,20,22,24H,2-5,11-13H2,1H3. The van der Waals surface area contributed by atoms with Crippen molar-refractivity contribution in [1.29, 1.82) is 0 Å². The van der Waals surface area contributed by atoms with Crippen molar-refractivity contribution in [2.45, 2.75) is 63.6 Å². The quantitative estimate of drug-likeness (QED) is 0.428. The first-order valence-corrected chi connectivity index (χ1v) is 11.4. The first-order chi connectivity index (χ1) is 15.6. The minimum absolute atomic E-state index is 0.0196. The molecule has 0 spiro atoms. The second-order valence-corrected chi connectivity index (χ2v) is 9.51. The molecule has 1 heterocycles. The van der Waals surface area contributed by atoms with E-state index in [-0.39, 0.29) is 23.3 Å². The van der Waals surface area contributed by atoms with Gasteiger partial charge in [-0.05, 0) is 61.0 Å². The highest BCUT2D eigenvalue weighted by atomic mass is 19.4. The van der Waals surface area contributed by atoms with Crippen molar-refractivity contribution in [2.24, 2.45) is 17.8 Å². The third-order valence-electron chi connectivity index (χ3n) is 6.84. The lowest BCUT2D eigenvalue weighted by Crippen LogP contribution is -2.37. The van der Waals surface area contributed by atoms with E-state index in [4.69, 9.17) is 9.47 Å². The molecular weight excluding hydrogens is 446 g/mol. The molecule has 1 aliphatic heterocycles. The SMILES string of the molecule is CC1COC(C2CCC(c3ccc(C4=CC(F)C(CC(F)(F)F)C(F)=C4)c(F)c3)CC2)OC1. The maximum atomic E-state index is 14.9. The van der Waals surface area contributed by atoms with Crippen LogP contribution >= 0.6 is 0 Å². The van der Waals surface area contributed by atoms with Gasteiger partial charge in [0.15, 0.2) is 6.29 Å². The molecule has 0 bridgehead atoms. The fourth-order valence-corrected chi connectivity index (χ4v) is 5.00. The fraction of sp³-hybridized carbons (Fsp3) is 0.600. The summed E-state index contributed by atoms with van der Waals surface area (Å²) in [6, 6.07) is 4.56. The Morgan fingerprint density at radius 1 is 1.00 bits per heavy atom. The van der Waals surface area contributed by atoms with E-state index in [9.17, 15) is 26.3 Å². The Morgan fingerprint density at radius 2 is 1.67 bits per heavy atom. The molecular formula is C25H28F6O2. The third kappa shape index (κ3) is 5.83. The van der Waals surface area contributed by atoms with Crippen LogP contribution in [0.1, 0.15) is 56.1 Å².